The van der Waals surface area contributed by atoms with Crippen molar-refractivity contribution in [2.24, 2.45) is 0 Å². The summed E-state index contributed by atoms with van der Waals surface area (Å²) in [6, 6.07) is 9.32. The summed E-state index contributed by atoms with van der Waals surface area (Å²) in [5, 5.41) is 5.08. The number of ether oxygens (including phenoxy) is 1. The average molecular weight is 412 g/mol. The molecule has 2 aromatic carbocycles. The Morgan fingerprint density at radius 1 is 1.10 bits per heavy atom. The van der Waals surface area contributed by atoms with Crippen molar-refractivity contribution in [3.63, 3.8) is 0 Å². The van der Waals surface area contributed by atoms with Crippen LogP contribution in [0.4, 0.5) is 23.2 Å². The molecule has 156 valence electrons. The Kier molecular flexibility index (Phi) is 7.33. The lowest BCUT2D eigenvalue weighted by atomic mass is 10.1. The summed E-state index contributed by atoms with van der Waals surface area (Å²) in [4.78, 5) is 24.6. The van der Waals surface area contributed by atoms with Gasteiger partial charge in [0.25, 0.3) is 11.8 Å². The third kappa shape index (κ3) is 6.86. The topological polar surface area (TPSA) is 67.4 Å². The predicted octanol–water partition coefficient (Wildman–Crippen LogP) is 4.08. The van der Waals surface area contributed by atoms with E-state index in [0.717, 1.165) is 6.07 Å². The van der Waals surface area contributed by atoms with Crippen molar-refractivity contribution in [3.05, 3.63) is 65.0 Å². The number of alkyl halides is 3. The molecular formula is C20H20F4N2O3. The van der Waals surface area contributed by atoms with Crippen molar-refractivity contribution in [2.45, 2.75) is 26.1 Å². The summed E-state index contributed by atoms with van der Waals surface area (Å²) < 4.78 is 54.6. The molecule has 5 nitrogen and oxygen atoms in total. The molecule has 0 heterocycles. The minimum atomic E-state index is -4.44. The molecule has 2 rings (SSSR count). The van der Waals surface area contributed by atoms with E-state index in [4.69, 9.17) is 0 Å². The Balaban J connectivity index is 2.03. The van der Waals surface area contributed by atoms with E-state index in [2.05, 4.69) is 15.4 Å². The Bertz CT molecular complexity index is 884. The maximum Gasteiger partial charge on any atom is 0.411 e. The van der Waals surface area contributed by atoms with Crippen LogP contribution >= 0.6 is 0 Å². The van der Waals surface area contributed by atoms with E-state index in [1.807, 2.05) is 0 Å². The first kappa shape index (κ1) is 22.4. The molecule has 0 saturated heterocycles. The van der Waals surface area contributed by atoms with E-state index in [1.54, 1.807) is 13.0 Å². The second kappa shape index (κ2) is 9.51. The summed E-state index contributed by atoms with van der Waals surface area (Å²) >= 11 is 0. The molecule has 0 aromatic heterocycles. The van der Waals surface area contributed by atoms with Crippen molar-refractivity contribution in [2.75, 3.05) is 18.5 Å². The lowest BCUT2D eigenvalue weighted by molar-refractivity contribution is -0.174. The van der Waals surface area contributed by atoms with Crippen molar-refractivity contribution >= 4 is 17.5 Å². The van der Waals surface area contributed by atoms with E-state index in [1.165, 1.54) is 37.3 Å². The average Bonchev–Trinajstić information content (AvgIpc) is 2.62. The van der Waals surface area contributed by atoms with Gasteiger partial charge in [-0.3, -0.25) is 9.59 Å². The van der Waals surface area contributed by atoms with Gasteiger partial charge in [-0.05, 0) is 43.7 Å². The number of benzene rings is 2. The van der Waals surface area contributed by atoms with Gasteiger partial charge >= 0.3 is 6.18 Å². The zero-order chi connectivity index (χ0) is 21.6. The van der Waals surface area contributed by atoms with Crippen LogP contribution in [0.15, 0.2) is 42.5 Å². The Hall–Kier alpha value is -2.94. The number of halogens is 4. The second-order valence-corrected chi connectivity index (χ2v) is 6.47. The maximum atomic E-state index is 13.8. The van der Waals surface area contributed by atoms with Crippen LogP contribution in [0.5, 0.6) is 0 Å². The Morgan fingerprint density at radius 3 is 2.45 bits per heavy atom. The fraction of sp³-hybridized carbons (Fsp3) is 0.300. The molecule has 2 N–H and O–H groups in total. The van der Waals surface area contributed by atoms with Crippen LogP contribution in [0.25, 0.3) is 0 Å². The van der Waals surface area contributed by atoms with Gasteiger partial charge in [-0.15, -0.1) is 0 Å². The summed E-state index contributed by atoms with van der Waals surface area (Å²) in [5.74, 6) is -1.89. The summed E-state index contributed by atoms with van der Waals surface area (Å²) in [5.41, 5.74) is 0.999. The number of amides is 2. The standard InChI is InChI=1S/C20H20F4N2O3/c1-12-7-8-14(18(27)25-13(2)10-29-11-20(22,23)24)9-17(12)26-19(28)15-5-3-4-6-16(15)21/h3-9,13H,10-11H2,1-2H3,(H,25,27)(H,26,28). The van der Waals surface area contributed by atoms with Gasteiger partial charge in [0.2, 0.25) is 0 Å². The lowest BCUT2D eigenvalue weighted by Gasteiger charge is -2.16. The number of nitrogens with one attached hydrogen (secondary N) is 2. The fourth-order valence-electron chi connectivity index (χ4n) is 2.43. The van der Waals surface area contributed by atoms with Crippen LogP contribution in [-0.4, -0.2) is 37.2 Å². The van der Waals surface area contributed by atoms with Gasteiger partial charge in [-0.2, -0.15) is 13.2 Å². The van der Waals surface area contributed by atoms with E-state index in [-0.39, 0.29) is 17.7 Å². The molecule has 1 unspecified atom stereocenters. The quantitative estimate of drug-likeness (QED) is 0.674. The lowest BCUT2D eigenvalue weighted by Crippen LogP contribution is -2.36. The van der Waals surface area contributed by atoms with Crippen LogP contribution < -0.4 is 10.6 Å². The van der Waals surface area contributed by atoms with Gasteiger partial charge in [0.05, 0.1) is 12.2 Å². The minimum Gasteiger partial charge on any atom is -0.370 e. The van der Waals surface area contributed by atoms with Crippen molar-refractivity contribution in [1.82, 2.24) is 5.32 Å². The van der Waals surface area contributed by atoms with E-state index in [0.29, 0.717) is 11.3 Å². The number of carbonyl (C=O) groups excluding carboxylic acids is 2. The highest BCUT2D eigenvalue weighted by atomic mass is 19.4. The molecule has 0 aliphatic heterocycles. The first-order valence-corrected chi connectivity index (χ1v) is 8.68. The molecule has 1 atom stereocenters. The minimum absolute atomic E-state index is 0.141. The highest BCUT2D eigenvalue weighted by Crippen LogP contribution is 2.19. The maximum absolute atomic E-state index is 13.8. The normalized spacial score (nSPS) is 12.3. The number of hydrogen-bond acceptors (Lipinski definition) is 3. The molecular weight excluding hydrogens is 392 g/mol. The van der Waals surface area contributed by atoms with Crippen LogP contribution in [0.3, 0.4) is 0 Å². The third-order valence-electron chi connectivity index (χ3n) is 3.88. The molecule has 0 radical (unpaired) electrons. The summed E-state index contributed by atoms with van der Waals surface area (Å²) in [7, 11) is 0. The number of rotatable bonds is 7. The van der Waals surface area contributed by atoms with Gasteiger partial charge in [0.15, 0.2) is 0 Å². The largest absolute Gasteiger partial charge is 0.411 e. The number of hydrogen-bond donors (Lipinski definition) is 2. The van der Waals surface area contributed by atoms with E-state index in [9.17, 15) is 27.2 Å². The SMILES string of the molecule is Cc1ccc(C(=O)NC(C)COCC(F)(F)F)cc1NC(=O)c1ccccc1F. The Labute approximate surface area is 165 Å². The molecule has 9 heteroatoms. The Morgan fingerprint density at radius 2 is 1.79 bits per heavy atom. The van der Waals surface area contributed by atoms with Crippen LogP contribution in [-0.2, 0) is 4.74 Å². The van der Waals surface area contributed by atoms with Crippen molar-refractivity contribution < 1.29 is 31.9 Å². The van der Waals surface area contributed by atoms with Gasteiger partial charge in [-0.1, -0.05) is 18.2 Å². The smallest absolute Gasteiger partial charge is 0.370 e. The first-order valence-electron chi connectivity index (χ1n) is 8.68. The predicted molar refractivity (Wildman–Crippen MR) is 99.3 cm³/mol. The van der Waals surface area contributed by atoms with Crippen molar-refractivity contribution in [1.29, 1.82) is 0 Å². The molecule has 2 aromatic rings. The number of aryl methyl sites for hydroxylation is 1. The zero-order valence-corrected chi connectivity index (χ0v) is 15.8. The third-order valence-corrected chi connectivity index (χ3v) is 3.88. The van der Waals surface area contributed by atoms with Gasteiger partial charge in [0.1, 0.15) is 12.4 Å². The summed E-state index contributed by atoms with van der Waals surface area (Å²) in [6.07, 6.45) is -4.44. The van der Waals surface area contributed by atoms with Crippen LogP contribution in [0.1, 0.15) is 33.2 Å². The van der Waals surface area contributed by atoms with Crippen LogP contribution in [0.2, 0.25) is 0 Å². The van der Waals surface area contributed by atoms with Gasteiger partial charge in [-0.25, -0.2) is 4.39 Å². The second-order valence-electron chi connectivity index (χ2n) is 6.47. The first-order chi connectivity index (χ1) is 13.6. The molecule has 0 fully saturated rings. The molecule has 29 heavy (non-hydrogen) atoms. The van der Waals surface area contributed by atoms with E-state index >= 15 is 0 Å². The monoisotopic (exact) mass is 412 g/mol. The zero-order valence-electron chi connectivity index (χ0n) is 15.8. The molecule has 0 aliphatic rings. The van der Waals surface area contributed by atoms with Gasteiger partial charge < -0.3 is 15.4 Å². The highest BCUT2D eigenvalue weighted by Gasteiger charge is 2.27. The van der Waals surface area contributed by atoms with Crippen LogP contribution in [0, 0.1) is 12.7 Å². The number of carbonyl (C=O) groups is 2. The van der Waals surface area contributed by atoms with E-state index < -0.39 is 36.5 Å². The summed E-state index contributed by atoms with van der Waals surface area (Å²) in [6.45, 7) is 1.49. The molecule has 0 saturated carbocycles. The molecule has 2 amide bonds. The molecule has 0 spiro atoms. The van der Waals surface area contributed by atoms with Crippen molar-refractivity contribution in [3.8, 4) is 0 Å². The highest BCUT2D eigenvalue weighted by molar-refractivity contribution is 6.05. The van der Waals surface area contributed by atoms with Gasteiger partial charge in [0, 0.05) is 17.3 Å². The molecule has 0 aliphatic carbocycles. The number of anilines is 1. The molecule has 0 bridgehead atoms. The fourth-order valence-corrected chi connectivity index (χ4v) is 2.43.